The van der Waals surface area contributed by atoms with Gasteiger partial charge >= 0.3 is 0 Å². The number of morpholine rings is 1. The number of amides is 1. The lowest BCUT2D eigenvalue weighted by Gasteiger charge is -2.34. The third-order valence-electron chi connectivity index (χ3n) is 6.10. The van der Waals surface area contributed by atoms with Gasteiger partial charge in [0.15, 0.2) is 17.0 Å². The minimum Gasteiger partial charge on any atom is -0.377 e. The van der Waals surface area contributed by atoms with Gasteiger partial charge in [0.1, 0.15) is 0 Å². The summed E-state index contributed by atoms with van der Waals surface area (Å²) in [5.74, 6) is 1.64. The fourth-order valence-electron chi connectivity index (χ4n) is 4.21. The molecule has 1 aliphatic rings. The summed E-state index contributed by atoms with van der Waals surface area (Å²) in [6.45, 7) is 6.78. The van der Waals surface area contributed by atoms with Crippen molar-refractivity contribution in [1.82, 2.24) is 34.6 Å². The van der Waals surface area contributed by atoms with Gasteiger partial charge in [0.2, 0.25) is 11.9 Å². The average molecular weight is 476 g/mol. The first kappa shape index (κ1) is 22.8. The van der Waals surface area contributed by atoms with Crippen molar-refractivity contribution < 1.29 is 9.53 Å². The molecule has 11 nitrogen and oxygen atoms in total. The number of carbonyl (C=O) groups excluding carboxylic acids is 1. The van der Waals surface area contributed by atoms with Crippen molar-refractivity contribution in [1.29, 1.82) is 0 Å². The van der Waals surface area contributed by atoms with E-state index in [1.807, 2.05) is 54.2 Å². The minimum absolute atomic E-state index is 0.114. The average Bonchev–Trinajstić information content (AvgIpc) is 3.52. The van der Waals surface area contributed by atoms with Gasteiger partial charge in [-0.25, -0.2) is 9.67 Å². The summed E-state index contributed by atoms with van der Waals surface area (Å²) in [4.78, 5) is 28.7. The molecule has 1 saturated heterocycles. The first-order chi connectivity index (χ1) is 17.1. The normalized spacial score (nSPS) is 16.0. The quantitative estimate of drug-likeness (QED) is 0.418. The number of aromatic nitrogens is 6. The fourth-order valence-corrected chi connectivity index (χ4v) is 4.21. The topological polar surface area (TPSA) is 115 Å². The van der Waals surface area contributed by atoms with Gasteiger partial charge in [0, 0.05) is 31.9 Å². The lowest BCUT2D eigenvalue weighted by molar-refractivity contribution is -0.118. The van der Waals surface area contributed by atoms with Crippen molar-refractivity contribution in [2.45, 2.75) is 26.4 Å². The van der Waals surface area contributed by atoms with E-state index in [-0.39, 0.29) is 18.5 Å². The second-order valence-electron chi connectivity index (χ2n) is 8.38. The zero-order chi connectivity index (χ0) is 24.4. The maximum absolute atomic E-state index is 11.8. The summed E-state index contributed by atoms with van der Waals surface area (Å²) < 4.78 is 9.31. The molecule has 1 fully saturated rings. The van der Waals surface area contributed by atoms with Crippen LogP contribution in [-0.2, 0) is 16.1 Å². The molecule has 1 aliphatic heterocycles. The number of nitrogens with one attached hydrogen (secondary N) is 2. The molecule has 11 heteroatoms. The van der Waals surface area contributed by atoms with Crippen molar-refractivity contribution in [3.05, 3.63) is 42.7 Å². The molecule has 1 amide bonds. The number of likely N-dealkylation sites (N-methyl/N-ethyl adjacent to an activating group) is 1. The molecule has 1 aromatic carbocycles. The standard InChI is InChI=1S/C24H29N9O2/c1-4-31-21-20(28-23(31)26-13-19(34)25-3)22(32-10-11-35-15-16(32)2)30-24(29-21)33-14-18(12-27-33)17-8-6-5-7-9-17/h5-9,12,14,16H,4,10-11,13,15H2,1-3H3,(H,25,34)(H,26,28)/t16-/m0/s1. The lowest BCUT2D eigenvalue weighted by atomic mass is 10.1. The molecule has 0 radical (unpaired) electrons. The van der Waals surface area contributed by atoms with Crippen LogP contribution in [0.2, 0.25) is 0 Å². The number of benzene rings is 1. The van der Waals surface area contributed by atoms with Crippen LogP contribution < -0.4 is 15.5 Å². The van der Waals surface area contributed by atoms with Crippen molar-refractivity contribution in [2.24, 2.45) is 0 Å². The number of ether oxygens (including phenoxy) is 1. The van der Waals surface area contributed by atoms with E-state index in [1.54, 1.807) is 11.7 Å². The molecule has 0 unspecified atom stereocenters. The summed E-state index contributed by atoms with van der Waals surface area (Å²) in [6.07, 6.45) is 3.74. The number of carbonyl (C=O) groups is 1. The molecule has 1 atom stereocenters. The lowest BCUT2D eigenvalue weighted by Crippen LogP contribution is -2.44. The first-order valence-corrected chi connectivity index (χ1v) is 11.8. The number of imidazole rings is 1. The van der Waals surface area contributed by atoms with E-state index in [9.17, 15) is 4.79 Å². The Morgan fingerprint density at radius 1 is 1.17 bits per heavy atom. The van der Waals surface area contributed by atoms with E-state index in [0.717, 1.165) is 16.9 Å². The van der Waals surface area contributed by atoms with Gasteiger partial charge in [-0.15, -0.1) is 0 Å². The summed E-state index contributed by atoms with van der Waals surface area (Å²) in [6, 6.07) is 10.2. The Balaban J connectivity index is 1.63. The molecular formula is C24H29N9O2. The molecule has 35 heavy (non-hydrogen) atoms. The van der Waals surface area contributed by atoms with Crippen LogP contribution in [0.5, 0.6) is 0 Å². The molecule has 3 aromatic heterocycles. The van der Waals surface area contributed by atoms with Crippen molar-refractivity contribution in [2.75, 3.05) is 43.6 Å². The molecule has 0 aliphatic carbocycles. The maximum Gasteiger partial charge on any atom is 0.254 e. The van der Waals surface area contributed by atoms with Crippen LogP contribution in [0, 0.1) is 0 Å². The predicted octanol–water partition coefficient (Wildman–Crippen LogP) is 2.08. The maximum atomic E-state index is 11.8. The molecule has 4 heterocycles. The van der Waals surface area contributed by atoms with Crippen molar-refractivity contribution in [3.63, 3.8) is 0 Å². The van der Waals surface area contributed by atoms with Gasteiger partial charge in [-0.05, 0) is 19.4 Å². The third kappa shape index (κ3) is 4.42. The molecule has 0 saturated carbocycles. The number of anilines is 2. The van der Waals surface area contributed by atoms with E-state index < -0.39 is 0 Å². The Labute approximate surface area is 203 Å². The summed E-state index contributed by atoms with van der Waals surface area (Å²) in [7, 11) is 1.61. The Morgan fingerprint density at radius 2 is 2.00 bits per heavy atom. The highest BCUT2D eigenvalue weighted by Gasteiger charge is 2.27. The van der Waals surface area contributed by atoms with Crippen molar-refractivity contribution in [3.8, 4) is 17.1 Å². The summed E-state index contributed by atoms with van der Waals surface area (Å²) in [5.41, 5.74) is 3.41. The van der Waals surface area contributed by atoms with Crippen LogP contribution in [-0.4, -0.2) is 74.6 Å². The highest BCUT2D eigenvalue weighted by atomic mass is 16.5. The summed E-state index contributed by atoms with van der Waals surface area (Å²) >= 11 is 0. The van der Waals surface area contributed by atoms with E-state index in [0.29, 0.717) is 49.4 Å². The second-order valence-corrected chi connectivity index (χ2v) is 8.38. The molecule has 182 valence electrons. The molecule has 2 N–H and O–H groups in total. The number of nitrogens with zero attached hydrogens (tertiary/aromatic N) is 7. The van der Waals surface area contributed by atoms with Gasteiger partial charge in [-0.2, -0.15) is 15.1 Å². The number of hydrogen-bond acceptors (Lipinski definition) is 8. The number of rotatable bonds is 7. The monoisotopic (exact) mass is 475 g/mol. The Morgan fingerprint density at radius 3 is 2.74 bits per heavy atom. The number of fused-ring (bicyclic) bond motifs is 1. The summed E-state index contributed by atoms with van der Waals surface area (Å²) in [5, 5.41) is 10.3. The van der Waals surface area contributed by atoms with Crippen molar-refractivity contribution >= 4 is 28.8 Å². The minimum atomic E-state index is -0.126. The van der Waals surface area contributed by atoms with E-state index >= 15 is 0 Å². The SMILES string of the molecule is CCn1c(NCC(=O)NC)nc2c(N3CCOC[C@@H]3C)nc(-n3cc(-c4ccccc4)cn3)nc21. The third-order valence-corrected chi connectivity index (χ3v) is 6.10. The number of hydrogen-bond donors (Lipinski definition) is 2. The first-order valence-electron chi connectivity index (χ1n) is 11.8. The van der Waals surface area contributed by atoms with E-state index in [1.165, 1.54) is 0 Å². The largest absolute Gasteiger partial charge is 0.377 e. The van der Waals surface area contributed by atoms with Gasteiger partial charge in [0.25, 0.3) is 5.95 Å². The highest BCUT2D eigenvalue weighted by Crippen LogP contribution is 2.30. The van der Waals surface area contributed by atoms with Crippen LogP contribution in [0.15, 0.2) is 42.7 Å². The smallest absolute Gasteiger partial charge is 0.254 e. The van der Waals surface area contributed by atoms with Gasteiger partial charge in [-0.1, -0.05) is 30.3 Å². The van der Waals surface area contributed by atoms with Crippen LogP contribution in [0.1, 0.15) is 13.8 Å². The Kier molecular flexibility index (Phi) is 6.32. The van der Waals surface area contributed by atoms with Gasteiger partial charge in [-0.3, -0.25) is 9.36 Å². The van der Waals surface area contributed by atoms with Crippen LogP contribution in [0.25, 0.3) is 28.2 Å². The van der Waals surface area contributed by atoms with Crippen LogP contribution >= 0.6 is 0 Å². The molecular weight excluding hydrogens is 446 g/mol. The molecule has 0 bridgehead atoms. The highest BCUT2D eigenvalue weighted by molar-refractivity contribution is 5.88. The van der Waals surface area contributed by atoms with Gasteiger partial charge in [0.05, 0.1) is 32.0 Å². The molecule has 5 rings (SSSR count). The molecule has 4 aromatic rings. The van der Waals surface area contributed by atoms with Crippen LogP contribution in [0.4, 0.5) is 11.8 Å². The van der Waals surface area contributed by atoms with Gasteiger partial charge < -0.3 is 20.3 Å². The number of aryl methyl sites for hydroxylation is 1. The Hall–Kier alpha value is -3.99. The van der Waals surface area contributed by atoms with E-state index in [2.05, 4.69) is 27.6 Å². The zero-order valence-corrected chi connectivity index (χ0v) is 20.1. The fraction of sp³-hybridized carbons (Fsp3) is 0.375. The van der Waals surface area contributed by atoms with Crippen LogP contribution in [0.3, 0.4) is 0 Å². The predicted molar refractivity (Wildman–Crippen MR) is 134 cm³/mol. The zero-order valence-electron chi connectivity index (χ0n) is 20.1. The van der Waals surface area contributed by atoms with E-state index in [4.69, 9.17) is 19.7 Å². The molecule has 0 spiro atoms. The Bertz CT molecular complexity index is 1330. The second kappa shape index (κ2) is 9.71.